The Labute approximate surface area is 177 Å². The Bertz CT molecular complexity index is 1280. The number of benzene rings is 3. The number of non-ortho nitro benzene ring substituents is 1. The molecule has 1 heterocycles. The van der Waals surface area contributed by atoms with Crippen LogP contribution in [-0.2, 0) is 12.3 Å². The highest BCUT2D eigenvalue weighted by Gasteiger charge is 2.13. The number of hydrogen-bond acceptors (Lipinski definition) is 5. The predicted molar refractivity (Wildman–Crippen MR) is 119 cm³/mol. The van der Waals surface area contributed by atoms with Gasteiger partial charge in [0.05, 0.1) is 22.4 Å². The van der Waals surface area contributed by atoms with Gasteiger partial charge in [-0.3, -0.25) is 19.5 Å². The Morgan fingerprint density at radius 1 is 1.00 bits per heavy atom. The van der Waals surface area contributed by atoms with E-state index in [4.69, 9.17) is 4.98 Å². The smallest absolute Gasteiger partial charge is 0.269 e. The van der Waals surface area contributed by atoms with Crippen LogP contribution in [0.25, 0.3) is 10.9 Å². The van der Waals surface area contributed by atoms with E-state index in [-0.39, 0.29) is 11.2 Å². The number of para-hydroxylation sites is 1. The Hall–Kier alpha value is -3.45. The average Bonchev–Trinajstić information content (AvgIpc) is 2.76. The minimum absolute atomic E-state index is 0.0524. The molecule has 0 atom stereocenters. The zero-order valence-electron chi connectivity index (χ0n) is 16.3. The minimum Gasteiger partial charge on any atom is -0.283 e. The van der Waals surface area contributed by atoms with Crippen molar-refractivity contribution in [1.29, 1.82) is 0 Å². The van der Waals surface area contributed by atoms with E-state index in [1.807, 2.05) is 55.5 Å². The molecule has 0 aliphatic rings. The van der Waals surface area contributed by atoms with E-state index in [0.717, 1.165) is 16.7 Å². The van der Waals surface area contributed by atoms with Crippen LogP contribution in [0.2, 0.25) is 0 Å². The van der Waals surface area contributed by atoms with Crippen molar-refractivity contribution in [3.05, 3.63) is 110 Å². The van der Waals surface area contributed by atoms with Crippen molar-refractivity contribution >= 4 is 28.4 Å². The summed E-state index contributed by atoms with van der Waals surface area (Å²) in [4.78, 5) is 28.5. The molecule has 1 aromatic heterocycles. The first-order valence-electron chi connectivity index (χ1n) is 9.42. The second-order valence-corrected chi connectivity index (χ2v) is 7.95. The first-order chi connectivity index (χ1) is 14.5. The molecule has 0 radical (unpaired) electrons. The quantitative estimate of drug-likeness (QED) is 0.192. The van der Waals surface area contributed by atoms with Gasteiger partial charge in [-0.05, 0) is 30.2 Å². The molecule has 4 aromatic rings. The van der Waals surface area contributed by atoms with Crippen LogP contribution in [-0.4, -0.2) is 14.5 Å². The van der Waals surface area contributed by atoms with Gasteiger partial charge in [0.1, 0.15) is 0 Å². The Morgan fingerprint density at radius 3 is 2.53 bits per heavy atom. The van der Waals surface area contributed by atoms with Gasteiger partial charge in [-0.1, -0.05) is 65.9 Å². The van der Waals surface area contributed by atoms with Crippen molar-refractivity contribution in [3.63, 3.8) is 0 Å². The summed E-state index contributed by atoms with van der Waals surface area (Å²) in [6.07, 6.45) is 0. The zero-order chi connectivity index (χ0) is 21.1. The van der Waals surface area contributed by atoms with Gasteiger partial charge in [0, 0.05) is 17.9 Å². The normalized spacial score (nSPS) is 11.0. The molecule has 7 heteroatoms. The number of fused-ring (bicyclic) bond motifs is 1. The lowest BCUT2D eigenvalue weighted by molar-refractivity contribution is -0.384. The predicted octanol–water partition coefficient (Wildman–Crippen LogP) is 4.95. The number of rotatable bonds is 6. The highest BCUT2D eigenvalue weighted by Crippen LogP contribution is 2.24. The van der Waals surface area contributed by atoms with Crippen molar-refractivity contribution in [1.82, 2.24) is 9.55 Å². The molecular formula is C23H19N3O3S. The summed E-state index contributed by atoms with van der Waals surface area (Å²) in [5.41, 5.74) is 3.57. The molecule has 30 heavy (non-hydrogen) atoms. The Morgan fingerprint density at radius 2 is 1.77 bits per heavy atom. The van der Waals surface area contributed by atoms with Gasteiger partial charge in [0.25, 0.3) is 11.2 Å². The van der Waals surface area contributed by atoms with E-state index in [9.17, 15) is 14.9 Å². The molecule has 0 bridgehead atoms. The van der Waals surface area contributed by atoms with E-state index in [0.29, 0.717) is 28.4 Å². The number of nitro benzene ring substituents is 1. The van der Waals surface area contributed by atoms with Gasteiger partial charge in [0.15, 0.2) is 5.16 Å². The number of nitro groups is 1. The van der Waals surface area contributed by atoms with E-state index < -0.39 is 4.92 Å². The molecule has 6 nitrogen and oxygen atoms in total. The molecular weight excluding hydrogens is 398 g/mol. The maximum absolute atomic E-state index is 13.2. The molecule has 0 amide bonds. The standard InChI is InChI=1S/C23H19N3O3S/c1-16-9-11-17(12-10-16)14-25-22(27)20-7-2-3-8-21(20)24-23(25)30-15-18-5-4-6-19(13-18)26(28)29/h2-13H,14-15H2,1H3. The molecule has 0 unspecified atom stereocenters. The van der Waals surface area contributed by atoms with E-state index in [2.05, 4.69) is 0 Å². The summed E-state index contributed by atoms with van der Waals surface area (Å²) in [5.74, 6) is 0.473. The third kappa shape index (κ3) is 4.26. The monoisotopic (exact) mass is 417 g/mol. The minimum atomic E-state index is -0.407. The van der Waals surface area contributed by atoms with Gasteiger partial charge in [-0.2, -0.15) is 0 Å². The number of aromatic nitrogens is 2. The molecule has 0 fully saturated rings. The van der Waals surface area contributed by atoms with Crippen LogP contribution >= 0.6 is 11.8 Å². The van der Waals surface area contributed by atoms with Gasteiger partial charge < -0.3 is 0 Å². The molecule has 150 valence electrons. The summed E-state index contributed by atoms with van der Waals surface area (Å²) in [6.45, 7) is 2.43. The number of hydrogen-bond donors (Lipinski definition) is 0. The number of aryl methyl sites for hydroxylation is 1. The van der Waals surface area contributed by atoms with Crippen LogP contribution in [0.15, 0.2) is 82.7 Å². The number of thioether (sulfide) groups is 1. The van der Waals surface area contributed by atoms with Crippen LogP contribution in [0.4, 0.5) is 5.69 Å². The largest absolute Gasteiger partial charge is 0.283 e. The molecule has 0 saturated carbocycles. The van der Waals surface area contributed by atoms with E-state index in [1.165, 1.54) is 17.8 Å². The SMILES string of the molecule is Cc1ccc(Cn2c(SCc3cccc([N+](=O)[O-])c3)nc3ccccc3c2=O)cc1. The Balaban J connectivity index is 1.71. The molecule has 0 spiro atoms. The fourth-order valence-electron chi connectivity index (χ4n) is 3.18. The molecule has 3 aromatic carbocycles. The average molecular weight is 417 g/mol. The van der Waals surface area contributed by atoms with E-state index in [1.54, 1.807) is 22.8 Å². The highest BCUT2D eigenvalue weighted by atomic mass is 32.2. The number of nitrogens with zero attached hydrogens (tertiary/aromatic N) is 3. The third-order valence-electron chi connectivity index (χ3n) is 4.78. The fourth-order valence-corrected chi connectivity index (χ4v) is 4.12. The van der Waals surface area contributed by atoms with Crippen LogP contribution in [0.1, 0.15) is 16.7 Å². The van der Waals surface area contributed by atoms with Crippen LogP contribution in [0.3, 0.4) is 0 Å². The zero-order valence-corrected chi connectivity index (χ0v) is 17.1. The lowest BCUT2D eigenvalue weighted by Gasteiger charge is -2.13. The van der Waals surface area contributed by atoms with Crippen LogP contribution in [0.5, 0.6) is 0 Å². The first-order valence-corrected chi connectivity index (χ1v) is 10.4. The van der Waals surface area contributed by atoms with Crippen LogP contribution in [0, 0.1) is 17.0 Å². The van der Waals surface area contributed by atoms with Crippen molar-refractivity contribution < 1.29 is 4.92 Å². The topological polar surface area (TPSA) is 78.0 Å². The first kappa shape index (κ1) is 19.8. The summed E-state index contributed by atoms with van der Waals surface area (Å²) in [5, 5.41) is 12.2. The van der Waals surface area contributed by atoms with Gasteiger partial charge >= 0.3 is 0 Å². The van der Waals surface area contributed by atoms with Gasteiger partial charge in [0.2, 0.25) is 0 Å². The molecule has 0 aliphatic carbocycles. The third-order valence-corrected chi connectivity index (χ3v) is 5.82. The maximum Gasteiger partial charge on any atom is 0.269 e. The molecule has 0 saturated heterocycles. The molecule has 0 aliphatic heterocycles. The lowest BCUT2D eigenvalue weighted by atomic mass is 10.1. The highest BCUT2D eigenvalue weighted by molar-refractivity contribution is 7.98. The summed E-state index contributed by atoms with van der Waals surface area (Å²) < 4.78 is 1.68. The van der Waals surface area contributed by atoms with Crippen LogP contribution < -0.4 is 5.56 Å². The lowest BCUT2D eigenvalue weighted by Crippen LogP contribution is -2.24. The van der Waals surface area contributed by atoms with Crippen molar-refractivity contribution in [2.45, 2.75) is 24.4 Å². The van der Waals surface area contributed by atoms with Crippen molar-refractivity contribution in [3.8, 4) is 0 Å². The second kappa shape index (κ2) is 8.51. The second-order valence-electron chi connectivity index (χ2n) is 7.00. The Kier molecular flexibility index (Phi) is 5.63. The van der Waals surface area contributed by atoms with Crippen molar-refractivity contribution in [2.75, 3.05) is 0 Å². The van der Waals surface area contributed by atoms with Gasteiger partial charge in [-0.25, -0.2) is 4.98 Å². The molecule has 4 rings (SSSR count). The summed E-state index contributed by atoms with van der Waals surface area (Å²) in [6, 6.07) is 21.9. The van der Waals surface area contributed by atoms with Crippen molar-refractivity contribution in [2.24, 2.45) is 0 Å². The summed E-state index contributed by atoms with van der Waals surface area (Å²) in [7, 11) is 0. The van der Waals surface area contributed by atoms with Gasteiger partial charge in [-0.15, -0.1) is 0 Å². The summed E-state index contributed by atoms with van der Waals surface area (Å²) >= 11 is 1.40. The maximum atomic E-state index is 13.2. The van der Waals surface area contributed by atoms with E-state index >= 15 is 0 Å². The molecule has 0 N–H and O–H groups in total. The fraction of sp³-hybridized carbons (Fsp3) is 0.130.